The van der Waals surface area contributed by atoms with Crippen molar-refractivity contribution in [1.82, 2.24) is 5.32 Å². The Morgan fingerprint density at radius 1 is 0.941 bits per heavy atom. The van der Waals surface area contributed by atoms with Crippen molar-refractivity contribution in [2.45, 2.75) is 13.8 Å². The highest BCUT2D eigenvalue weighted by Crippen LogP contribution is 2.32. The lowest BCUT2D eigenvalue weighted by Gasteiger charge is -2.05. The molecule has 0 aromatic heterocycles. The third-order valence-electron chi connectivity index (χ3n) is 3.11. The van der Waals surface area contributed by atoms with Crippen LogP contribution in [0.3, 0.4) is 0 Å². The van der Waals surface area contributed by atoms with Crippen molar-refractivity contribution >= 4 is 75.9 Å². The van der Waals surface area contributed by atoms with Gasteiger partial charge in [-0.15, -0.1) is 0 Å². The highest BCUT2D eigenvalue weighted by Gasteiger charge is 2.07. The quantitative estimate of drug-likeness (QED) is 0.164. The summed E-state index contributed by atoms with van der Waals surface area (Å²) in [6.45, 7) is 3.98. The fourth-order valence-electron chi connectivity index (χ4n) is 1.83. The molecule has 10 nitrogen and oxygen atoms in total. The molecule has 0 atom stereocenters. The molecule has 0 saturated heterocycles. The summed E-state index contributed by atoms with van der Waals surface area (Å²) in [5.41, 5.74) is 10.8. The number of primary amides is 1. The molecule has 0 aliphatic heterocycles. The Labute approximate surface area is 216 Å². The Morgan fingerprint density at radius 2 is 1.41 bits per heavy atom. The number of nitriles is 1. The summed E-state index contributed by atoms with van der Waals surface area (Å²) in [6, 6.07) is 9.94. The number of benzene rings is 2. The summed E-state index contributed by atoms with van der Waals surface area (Å²) in [7, 11) is 0. The molecule has 14 heteroatoms. The second-order valence-corrected chi connectivity index (χ2v) is 7.13. The summed E-state index contributed by atoms with van der Waals surface area (Å²) >= 11 is 23.2. The second kappa shape index (κ2) is 17.4. The van der Waals surface area contributed by atoms with Crippen molar-refractivity contribution in [3.05, 3.63) is 56.5 Å². The summed E-state index contributed by atoms with van der Waals surface area (Å²) in [5.74, 6) is -0.140. The lowest BCUT2D eigenvalue weighted by molar-refractivity contribution is 0.157. The zero-order valence-electron chi connectivity index (χ0n) is 18.1. The first-order valence-electron chi connectivity index (χ1n) is 9.30. The van der Waals surface area contributed by atoms with Crippen LogP contribution in [0.5, 0.6) is 0 Å². The fourth-order valence-corrected chi connectivity index (χ4v) is 2.81. The van der Waals surface area contributed by atoms with Gasteiger partial charge < -0.3 is 20.9 Å². The van der Waals surface area contributed by atoms with Gasteiger partial charge in [-0.2, -0.15) is 5.26 Å². The third kappa shape index (κ3) is 12.8. The number of carbonyl (C=O) groups is 2. The van der Waals surface area contributed by atoms with Gasteiger partial charge >= 0.3 is 12.2 Å². The zero-order valence-corrected chi connectivity index (χ0v) is 21.1. The Hall–Kier alpha value is -3.10. The van der Waals surface area contributed by atoms with Crippen molar-refractivity contribution in [1.29, 1.82) is 5.26 Å². The highest BCUT2D eigenvalue weighted by molar-refractivity contribution is 6.39. The van der Waals surface area contributed by atoms with Gasteiger partial charge in [0.05, 0.1) is 39.0 Å². The van der Waals surface area contributed by atoms with Gasteiger partial charge in [0, 0.05) is 0 Å². The number of alkyl carbamates (subject to hydrolysis) is 1. The van der Waals surface area contributed by atoms with Crippen LogP contribution in [0.1, 0.15) is 13.8 Å². The molecular formula is C20H22Cl4N6O4. The van der Waals surface area contributed by atoms with E-state index >= 15 is 0 Å². The molecule has 2 rings (SSSR count). The number of aliphatic imine (C=N–C) groups is 1. The molecule has 0 heterocycles. The van der Waals surface area contributed by atoms with E-state index in [0.29, 0.717) is 38.1 Å². The van der Waals surface area contributed by atoms with Crippen LogP contribution in [0, 0.1) is 11.5 Å². The standard InChI is InChI=1S/C10H11Cl2N3O2.C7H4Cl2N2.C3H7NO2/c1-2-17-10(16)15-9(13)14-8-6(11)4-3-5-7(8)12;8-5-2-1-3-6(9)7(5)11-4-10;1-2-6-3(4)5/h3-5H,2H2,1H3,(H3,13,14,15,16);1-3,11H;2H2,1H3,(H2,4,5). The normalized spacial score (nSPS) is 9.74. The van der Waals surface area contributed by atoms with Crippen molar-refractivity contribution in [2.75, 3.05) is 18.5 Å². The van der Waals surface area contributed by atoms with Crippen molar-refractivity contribution < 1.29 is 19.1 Å². The van der Waals surface area contributed by atoms with Gasteiger partial charge in [-0.1, -0.05) is 58.5 Å². The summed E-state index contributed by atoms with van der Waals surface area (Å²) < 4.78 is 8.81. The van der Waals surface area contributed by atoms with Crippen LogP contribution in [0.4, 0.5) is 21.0 Å². The largest absolute Gasteiger partial charge is 0.450 e. The number of anilines is 1. The van der Waals surface area contributed by atoms with Gasteiger partial charge in [0.25, 0.3) is 0 Å². The molecule has 0 spiro atoms. The maximum absolute atomic E-state index is 11.1. The fraction of sp³-hybridized carbons (Fsp3) is 0.200. The van der Waals surface area contributed by atoms with Gasteiger partial charge in [0.1, 0.15) is 5.69 Å². The number of rotatable bonds is 4. The van der Waals surface area contributed by atoms with E-state index in [2.05, 4.69) is 30.8 Å². The number of hydrogen-bond acceptors (Lipinski definition) is 7. The van der Waals surface area contributed by atoms with E-state index in [1.54, 1.807) is 56.4 Å². The predicted molar refractivity (Wildman–Crippen MR) is 135 cm³/mol. The molecule has 0 saturated carbocycles. The highest BCUT2D eigenvalue weighted by atomic mass is 35.5. The Morgan fingerprint density at radius 3 is 1.79 bits per heavy atom. The van der Waals surface area contributed by atoms with Gasteiger partial charge in [0.15, 0.2) is 6.19 Å². The van der Waals surface area contributed by atoms with Crippen LogP contribution in [0.25, 0.3) is 0 Å². The summed E-state index contributed by atoms with van der Waals surface area (Å²) in [6.07, 6.45) is 0.353. The van der Waals surface area contributed by atoms with Gasteiger partial charge in [-0.3, -0.25) is 10.6 Å². The number of nitrogens with one attached hydrogen (secondary N) is 2. The first kappa shape index (κ1) is 30.9. The average Bonchev–Trinajstić information content (AvgIpc) is 2.75. The number of nitrogens with two attached hydrogens (primary N) is 2. The smallest absolute Gasteiger partial charge is 0.413 e. The number of guanidine groups is 1. The molecular weight excluding hydrogens is 530 g/mol. The number of hydrogen-bond donors (Lipinski definition) is 4. The molecule has 184 valence electrons. The van der Waals surface area contributed by atoms with Crippen LogP contribution in [-0.4, -0.2) is 31.4 Å². The van der Waals surface area contributed by atoms with Gasteiger partial charge in [-0.25, -0.2) is 14.6 Å². The van der Waals surface area contributed by atoms with Crippen LogP contribution in [0.15, 0.2) is 41.4 Å². The molecule has 0 aliphatic carbocycles. The van der Waals surface area contributed by atoms with Crippen LogP contribution < -0.4 is 22.1 Å². The van der Waals surface area contributed by atoms with E-state index < -0.39 is 12.2 Å². The minimum absolute atomic E-state index is 0.140. The van der Waals surface area contributed by atoms with Crippen LogP contribution >= 0.6 is 46.4 Å². The SMILES string of the molecule is CCOC(=O)NC(N)=Nc1c(Cl)cccc1Cl.CCOC(N)=O.N#CNc1c(Cl)cccc1Cl. The van der Waals surface area contributed by atoms with E-state index in [4.69, 9.17) is 57.4 Å². The Bertz CT molecular complexity index is 990. The average molecular weight is 552 g/mol. The molecule has 0 fully saturated rings. The molecule has 0 aliphatic rings. The van der Waals surface area contributed by atoms with Crippen LogP contribution in [0.2, 0.25) is 20.1 Å². The lowest BCUT2D eigenvalue weighted by Crippen LogP contribution is -2.36. The molecule has 2 aromatic carbocycles. The summed E-state index contributed by atoms with van der Waals surface area (Å²) in [5, 5.41) is 14.5. The number of ether oxygens (including phenoxy) is 2. The molecule has 0 radical (unpaired) electrons. The molecule has 0 bridgehead atoms. The lowest BCUT2D eigenvalue weighted by atomic mass is 10.3. The van der Waals surface area contributed by atoms with E-state index in [1.165, 1.54) is 0 Å². The molecule has 2 amide bonds. The Kier molecular flexibility index (Phi) is 15.8. The minimum Gasteiger partial charge on any atom is -0.450 e. The van der Waals surface area contributed by atoms with E-state index in [-0.39, 0.29) is 12.6 Å². The zero-order chi connectivity index (χ0) is 26.1. The minimum atomic E-state index is -0.711. The maximum atomic E-state index is 11.1. The number of halogens is 4. The second-order valence-electron chi connectivity index (χ2n) is 5.50. The maximum Gasteiger partial charge on any atom is 0.413 e. The van der Waals surface area contributed by atoms with Gasteiger partial charge in [0.2, 0.25) is 5.96 Å². The number of nitrogens with zero attached hydrogens (tertiary/aromatic N) is 2. The van der Waals surface area contributed by atoms with E-state index in [1.807, 2.05) is 0 Å². The van der Waals surface area contributed by atoms with Crippen molar-refractivity contribution in [3.63, 3.8) is 0 Å². The van der Waals surface area contributed by atoms with E-state index in [0.717, 1.165) is 0 Å². The third-order valence-corrected chi connectivity index (χ3v) is 4.35. The molecule has 6 N–H and O–H groups in total. The van der Waals surface area contributed by atoms with Crippen molar-refractivity contribution in [2.24, 2.45) is 16.5 Å². The first-order chi connectivity index (χ1) is 16.1. The predicted octanol–water partition coefficient (Wildman–Crippen LogP) is 5.67. The number of carbonyl (C=O) groups excluding carboxylic acids is 2. The Balaban J connectivity index is 0.000000547. The van der Waals surface area contributed by atoms with E-state index in [9.17, 15) is 9.59 Å². The molecule has 2 aromatic rings. The van der Waals surface area contributed by atoms with Gasteiger partial charge in [-0.05, 0) is 38.1 Å². The summed E-state index contributed by atoms with van der Waals surface area (Å²) in [4.78, 5) is 24.6. The number of para-hydroxylation sites is 2. The van der Waals surface area contributed by atoms with Crippen LogP contribution in [-0.2, 0) is 9.47 Å². The molecule has 0 unspecified atom stereocenters. The monoisotopic (exact) mass is 550 g/mol. The number of amides is 2. The first-order valence-corrected chi connectivity index (χ1v) is 10.8. The molecule has 34 heavy (non-hydrogen) atoms. The van der Waals surface area contributed by atoms with Crippen molar-refractivity contribution in [3.8, 4) is 6.19 Å². The topological polar surface area (TPSA) is 165 Å².